The van der Waals surface area contributed by atoms with Crippen LogP contribution < -0.4 is 5.56 Å². The fraction of sp³-hybridized carbons (Fsp3) is 0.455. The molecule has 1 fully saturated rings. The Morgan fingerprint density at radius 3 is 2.39 bits per heavy atom. The van der Waals surface area contributed by atoms with Gasteiger partial charge in [-0.15, -0.1) is 0 Å². The largest absolute Gasteiger partial charge is 0.456 e. The highest BCUT2D eigenvalue weighted by atomic mass is 79.9. The van der Waals surface area contributed by atoms with Crippen molar-refractivity contribution in [1.82, 2.24) is 4.57 Å². The van der Waals surface area contributed by atoms with Crippen LogP contribution in [0, 0.1) is 0 Å². The van der Waals surface area contributed by atoms with E-state index in [0.29, 0.717) is 27.8 Å². The van der Waals surface area contributed by atoms with E-state index in [9.17, 15) is 9.59 Å². The quantitative estimate of drug-likeness (QED) is 0.376. The molecule has 1 aromatic heterocycles. The third-order valence-electron chi connectivity index (χ3n) is 4.75. The van der Waals surface area contributed by atoms with E-state index in [4.69, 9.17) is 4.74 Å². The van der Waals surface area contributed by atoms with Gasteiger partial charge in [0, 0.05) is 17.6 Å². The van der Waals surface area contributed by atoms with Gasteiger partial charge in [0.25, 0.3) is 5.56 Å². The smallest absolute Gasteiger partial charge is 0.338 e. The van der Waals surface area contributed by atoms with E-state index in [2.05, 4.69) is 31.9 Å². The summed E-state index contributed by atoms with van der Waals surface area (Å²) in [7, 11) is 0. The zero-order valence-electron chi connectivity index (χ0n) is 16.4. The van der Waals surface area contributed by atoms with Crippen molar-refractivity contribution < 1.29 is 9.53 Å². The highest BCUT2D eigenvalue weighted by Gasteiger charge is 2.28. The first-order chi connectivity index (χ1) is 13.2. The van der Waals surface area contributed by atoms with Crippen LogP contribution in [0.25, 0.3) is 0 Å². The zero-order valence-corrected chi connectivity index (χ0v) is 19.6. The zero-order chi connectivity index (χ0) is 20.5. The molecule has 0 aliphatic heterocycles. The number of nitrogens with zero attached hydrogens (tertiary/aromatic N) is 1. The lowest BCUT2D eigenvalue weighted by molar-refractivity contribution is 0.00695. The molecule has 1 heterocycles. The van der Waals surface area contributed by atoms with Crippen LogP contribution >= 0.6 is 31.9 Å². The Balaban J connectivity index is 1.76. The number of alkyl halides is 1. The average molecular weight is 511 g/mol. The van der Waals surface area contributed by atoms with Gasteiger partial charge in [-0.2, -0.15) is 0 Å². The first-order valence-electron chi connectivity index (χ1n) is 9.50. The molecule has 2 aromatic rings. The highest BCUT2D eigenvalue weighted by Crippen LogP contribution is 2.42. The number of carbonyl (C=O) groups excluding carboxylic acids is 1. The topological polar surface area (TPSA) is 48.3 Å². The lowest BCUT2D eigenvalue weighted by Gasteiger charge is -2.19. The molecule has 0 N–H and O–H groups in total. The summed E-state index contributed by atoms with van der Waals surface area (Å²) in [6, 6.07) is 9.42. The van der Waals surface area contributed by atoms with Crippen LogP contribution in [-0.4, -0.2) is 16.1 Å². The van der Waals surface area contributed by atoms with Gasteiger partial charge in [-0.3, -0.25) is 4.79 Å². The molecule has 1 aliphatic carbocycles. The molecular formula is C22H25Br2NO3. The van der Waals surface area contributed by atoms with Crippen LogP contribution in [0.1, 0.15) is 66.7 Å². The number of pyridine rings is 1. The molecule has 0 unspecified atom stereocenters. The SMILES string of the molecule is CC(C)(C)OC(=O)c1ccc(CCn2c(CBr)c(C3CC3)cc(Br)c2=O)cc1. The maximum Gasteiger partial charge on any atom is 0.338 e. The molecule has 0 amide bonds. The summed E-state index contributed by atoms with van der Waals surface area (Å²) in [5.74, 6) is 0.252. The van der Waals surface area contributed by atoms with Crippen molar-refractivity contribution in [3.8, 4) is 0 Å². The average Bonchev–Trinajstić information content (AvgIpc) is 3.46. The summed E-state index contributed by atoms with van der Waals surface area (Å²) < 4.78 is 7.89. The van der Waals surface area contributed by atoms with E-state index in [1.165, 1.54) is 18.4 Å². The van der Waals surface area contributed by atoms with Crippen LogP contribution in [0.2, 0.25) is 0 Å². The number of benzene rings is 1. The summed E-state index contributed by atoms with van der Waals surface area (Å²) in [5.41, 5.74) is 3.44. The van der Waals surface area contributed by atoms with Gasteiger partial charge in [-0.05, 0) is 91.2 Å². The molecule has 1 aliphatic rings. The molecular weight excluding hydrogens is 486 g/mol. The normalized spacial score (nSPS) is 14.2. The number of hydrogen-bond donors (Lipinski definition) is 0. The Labute approximate surface area is 182 Å². The van der Waals surface area contributed by atoms with Crippen molar-refractivity contribution in [2.24, 2.45) is 0 Å². The Morgan fingerprint density at radius 2 is 1.86 bits per heavy atom. The van der Waals surface area contributed by atoms with E-state index in [1.807, 2.05) is 43.5 Å². The number of rotatable bonds is 6. The summed E-state index contributed by atoms with van der Waals surface area (Å²) >= 11 is 7.00. The summed E-state index contributed by atoms with van der Waals surface area (Å²) in [4.78, 5) is 24.8. The van der Waals surface area contributed by atoms with E-state index in [1.54, 1.807) is 12.1 Å². The van der Waals surface area contributed by atoms with E-state index in [0.717, 1.165) is 17.7 Å². The van der Waals surface area contributed by atoms with E-state index < -0.39 is 5.60 Å². The molecule has 6 heteroatoms. The molecule has 0 radical (unpaired) electrons. The lowest BCUT2D eigenvalue weighted by Crippen LogP contribution is -2.26. The number of esters is 1. The second kappa shape index (κ2) is 8.54. The molecule has 1 saturated carbocycles. The first-order valence-corrected chi connectivity index (χ1v) is 11.4. The molecule has 1 aromatic carbocycles. The van der Waals surface area contributed by atoms with Gasteiger partial charge in [0.2, 0.25) is 0 Å². The standard InChI is InChI=1S/C22H25Br2NO3/c1-22(2,3)28-21(27)16-6-4-14(5-7-16)10-11-25-19(13-23)17(15-8-9-15)12-18(24)20(25)26/h4-7,12,15H,8-11,13H2,1-3H3. The van der Waals surface area contributed by atoms with Gasteiger partial charge < -0.3 is 9.30 Å². The predicted molar refractivity (Wildman–Crippen MR) is 118 cm³/mol. The Hall–Kier alpha value is -1.40. The Morgan fingerprint density at radius 1 is 1.21 bits per heavy atom. The maximum absolute atomic E-state index is 12.7. The van der Waals surface area contributed by atoms with Crippen molar-refractivity contribution in [2.45, 2.75) is 63.4 Å². The maximum atomic E-state index is 12.7. The van der Waals surface area contributed by atoms with Crippen molar-refractivity contribution in [1.29, 1.82) is 0 Å². The summed E-state index contributed by atoms with van der Waals surface area (Å²) in [5, 5.41) is 0.666. The van der Waals surface area contributed by atoms with Gasteiger partial charge in [-0.1, -0.05) is 28.1 Å². The van der Waals surface area contributed by atoms with Crippen LogP contribution in [0.4, 0.5) is 0 Å². The van der Waals surface area contributed by atoms with Gasteiger partial charge >= 0.3 is 5.97 Å². The van der Waals surface area contributed by atoms with Crippen molar-refractivity contribution in [2.75, 3.05) is 0 Å². The second-order valence-corrected chi connectivity index (χ2v) is 9.62. The van der Waals surface area contributed by atoms with E-state index in [-0.39, 0.29) is 11.5 Å². The highest BCUT2D eigenvalue weighted by molar-refractivity contribution is 9.10. The molecule has 150 valence electrons. The number of ether oxygens (including phenoxy) is 1. The minimum absolute atomic E-state index is 0.00391. The lowest BCUT2D eigenvalue weighted by atomic mass is 10.1. The molecule has 3 rings (SSSR count). The fourth-order valence-electron chi connectivity index (χ4n) is 3.21. The van der Waals surface area contributed by atoms with Gasteiger partial charge in [-0.25, -0.2) is 4.79 Å². The van der Waals surface area contributed by atoms with Gasteiger partial charge in [0.05, 0.1) is 10.0 Å². The van der Waals surface area contributed by atoms with Gasteiger partial charge in [0.15, 0.2) is 0 Å². The Kier molecular flexibility index (Phi) is 6.50. The first kappa shape index (κ1) is 21.3. The summed E-state index contributed by atoms with van der Waals surface area (Å²) in [6.07, 6.45) is 3.10. The van der Waals surface area contributed by atoms with Crippen molar-refractivity contribution >= 4 is 37.8 Å². The number of aromatic nitrogens is 1. The van der Waals surface area contributed by atoms with Gasteiger partial charge in [0.1, 0.15) is 5.60 Å². The number of carbonyl (C=O) groups is 1. The van der Waals surface area contributed by atoms with Crippen molar-refractivity contribution in [3.63, 3.8) is 0 Å². The van der Waals surface area contributed by atoms with Crippen LogP contribution in [0.5, 0.6) is 0 Å². The van der Waals surface area contributed by atoms with Crippen molar-refractivity contribution in [3.05, 3.63) is 67.5 Å². The number of halogens is 2. The fourth-order valence-corrected chi connectivity index (χ4v) is 4.30. The Bertz CT molecular complexity index is 923. The molecule has 0 spiro atoms. The molecule has 0 saturated heterocycles. The minimum Gasteiger partial charge on any atom is -0.456 e. The number of aryl methyl sites for hydroxylation is 1. The third kappa shape index (κ3) is 5.15. The minimum atomic E-state index is -0.511. The van der Waals surface area contributed by atoms with Crippen LogP contribution in [-0.2, 0) is 23.0 Å². The summed E-state index contributed by atoms with van der Waals surface area (Å²) in [6.45, 7) is 6.16. The second-order valence-electron chi connectivity index (χ2n) is 8.21. The third-order valence-corrected chi connectivity index (χ3v) is 5.85. The molecule has 0 atom stereocenters. The molecule has 4 nitrogen and oxygen atoms in total. The molecule has 28 heavy (non-hydrogen) atoms. The van der Waals surface area contributed by atoms with Crippen LogP contribution in [0.15, 0.2) is 39.6 Å². The molecule has 0 bridgehead atoms. The monoisotopic (exact) mass is 509 g/mol. The van der Waals surface area contributed by atoms with E-state index >= 15 is 0 Å². The number of hydrogen-bond acceptors (Lipinski definition) is 3. The van der Waals surface area contributed by atoms with Crippen LogP contribution in [0.3, 0.4) is 0 Å². The predicted octanol–water partition coefficient (Wildman–Crippen LogP) is 5.58.